The SMILES string of the molecule is C#CCNC(=O)/C=C/c1ccccc1F. The number of carbonyl (C=O) groups is 1. The molecule has 1 N–H and O–H groups in total. The summed E-state index contributed by atoms with van der Waals surface area (Å²) >= 11 is 0. The maximum absolute atomic E-state index is 13.1. The monoisotopic (exact) mass is 203 g/mol. The number of amides is 1. The Morgan fingerprint density at radius 1 is 1.53 bits per heavy atom. The van der Waals surface area contributed by atoms with Gasteiger partial charge in [-0.25, -0.2) is 4.39 Å². The molecule has 0 aromatic heterocycles. The fourth-order valence-electron chi connectivity index (χ4n) is 0.973. The number of terminal acetylenes is 1. The van der Waals surface area contributed by atoms with Gasteiger partial charge in [0.2, 0.25) is 5.91 Å². The van der Waals surface area contributed by atoms with Crippen molar-refractivity contribution >= 4 is 12.0 Å². The second kappa shape index (κ2) is 5.61. The largest absolute Gasteiger partial charge is 0.342 e. The first kappa shape index (κ1) is 11.0. The molecule has 0 heterocycles. The van der Waals surface area contributed by atoms with Crippen molar-refractivity contribution in [2.45, 2.75) is 0 Å². The summed E-state index contributed by atoms with van der Waals surface area (Å²) in [6.07, 6.45) is 7.61. The van der Waals surface area contributed by atoms with Gasteiger partial charge in [-0.05, 0) is 12.1 Å². The van der Waals surface area contributed by atoms with E-state index in [2.05, 4.69) is 11.2 Å². The van der Waals surface area contributed by atoms with E-state index in [0.29, 0.717) is 5.56 Å². The van der Waals surface area contributed by atoms with Crippen LogP contribution in [-0.2, 0) is 4.79 Å². The molecule has 15 heavy (non-hydrogen) atoms. The highest BCUT2D eigenvalue weighted by molar-refractivity contribution is 5.91. The summed E-state index contributed by atoms with van der Waals surface area (Å²) in [6, 6.07) is 6.20. The molecule has 0 radical (unpaired) electrons. The van der Waals surface area contributed by atoms with Gasteiger partial charge in [-0.2, -0.15) is 0 Å². The van der Waals surface area contributed by atoms with Gasteiger partial charge in [-0.15, -0.1) is 6.42 Å². The molecule has 2 nitrogen and oxygen atoms in total. The molecule has 0 fully saturated rings. The fraction of sp³-hybridized carbons (Fsp3) is 0.0833. The predicted octanol–water partition coefficient (Wildman–Crippen LogP) is 1.59. The van der Waals surface area contributed by atoms with Crippen LogP contribution in [0, 0.1) is 18.2 Å². The number of hydrogen-bond donors (Lipinski definition) is 1. The smallest absolute Gasteiger partial charge is 0.244 e. The van der Waals surface area contributed by atoms with Gasteiger partial charge in [-0.1, -0.05) is 24.1 Å². The third kappa shape index (κ3) is 3.65. The molecule has 0 unspecified atom stereocenters. The standard InChI is InChI=1S/C12H10FNO/c1-2-9-14-12(15)8-7-10-5-3-4-6-11(10)13/h1,3-8H,9H2,(H,14,15)/b8-7+. The summed E-state index contributed by atoms with van der Waals surface area (Å²) in [5.74, 6) is 1.57. The Balaban J connectivity index is 2.62. The summed E-state index contributed by atoms with van der Waals surface area (Å²) in [5, 5.41) is 2.44. The number of carbonyl (C=O) groups excluding carboxylic acids is 1. The van der Waals surface area contributed by atoms with Gasteiger partial charge in [-0.3, -0.25) is 4.79 Å². The Morgan fingerprint density at radius 3 is 2.93 bits per heavy atom. The van der Waals surface area contributed by atoms with Crippen LogP contribution in [0.15, 0.2) is 30.3 Å². The summed E-state index contributed by atoms with van der Waals surface area (Å²) in [6.45, 7) is 0.167. The molecule has 0 aliphatic rings. The summed E-state index contributed by atoms with van der Waals surface area (Å²) in [7, 11) is 0. The van der Waals surface area contributed by atoms with Crippen LogP contribution in [0.1, 0.15) is 5.56 Å². The van der Waals surface area contributed by atoms with Gasteiger partial charge in [0.15, 0.2) is 0 Å². The topological polar surface area (TPSA) is 29.1 Å². The van der Waals surface area contributed by atoms with Crippen LogP contribution < -0.4 is 5.32 Å². The highest BCUT2D eigenvalue weighted by Crippen LogP contribution is 2.07. The summed E-state index contributed by atoms with van der Waals surface area (Å²) in [5.41, 5.74) is 0.369. The molecule has 1 rings (SSSR count). The van der Waals surface area contributed by atoms with E-state index in [9.17, 15) is 9.18 Å². The highest BCUT2D eigenvalue weighted by Gasteiger charge is 1.96. The zero-order chi connectivity index (χ0) is 11.1. The zero-order valence-corrected chi connectivity index (χ0v) is 8.03. The van der Waals surface area contributed by atoms with Crippen molar-refractivity contribution in [1.29, 1.82) is 0 Å². The zero-order valence-electron chi connectivity index (χ0n) is 8.03. The van der Waals surface area contributed by atoms with Crippen molar-refractivity contribution in [1.82, 2.24) is 5.32 Å². The normalized spacial score (nSPS) is 9.87. The molecule has 0 atom stereocenters. The molecular weight excluding hydrogens is 193 g/mol. The van der Waals surface area contributed by atoms with E-state index in [1.165, 1.54) is 18.2 Å². The molecule has 3 heteroatoms. The molecule has 0 saturated heterocycles. The summed E-state index contributed by atoms with van der Waals surface area (Å²) in [4.78, 5) is 11.1. The van der Waals surface area contributed by atoms with Crippen LogP contribution in [-0.4, -0.2) is 12.5 Å². The fourth-order valence-corrected chi connectivity index (χ4v) is 0.973. The molecule has 1 aromatic rings. The van der Waals surface area contributed by atoms with Crippen LogP contribution in [0.25, 0.3) is 6.08 Å². The van der Waals surface area contributed by atoms with Crippen molar-refractivity contribution in [2.75, 3.05) is 6.54 Å². The lowest BCUT2D eigenvalue weighted by Crippen LogP contribution is -2.20. The third-order valence-corrected chi connectivity index (χ3v) is 1.68. The molecule has 0 saturated carbocycles. The number of hydrogen-bond acceptors (Lipinski definition) is 1. The van der Waals surface area contributed by atoms with E-state index in [0.717, 1.165) is 0 Å². The molecule has 76 valence electrons. The van der Waals surface area contributed by atoms with E-state index >= 15 is 0 Å². The van der Waals surface area contributed by atoms with E-state index < -0.39 is 0 Å². The average Bonchev–Trinajstić information content (AvgIpc) is 2.25. The molecule has 1 amide bonds. The van der Waals surface area contributed by atoms with E-state index in [1.807, 2.05) is 0 Å². The Hall–Kier alpha value is -2.08. The molecule has 0 bridgehead atoms. The van der Waals surface area contributed by atoms with Crippen molar-refractivity contribution in [2.24, 2.45) is 0 Å². The lowest BCUT2D eigenvalue weighted by molar-refractivity contribution is -0.116. The number of nitrogens with one attached hydrogen (secondary N) is 1. The van der Waals surface area contributed by atoms with E-state index in [4.69, 9.17) is 6.42 Å². The van der Waals surface area contributed by atoms with Crippen LogP contribution >= 0.6 is 0 Å². The van der Waals surface area contributed by atoms with Gasteiger partial charge >= 0.3 is 0 Å². The van der Waals surface area contributed by atoms with Gasteiger partial charge < -0.3 is 5.32 Å². The van der Waals surface area contributed by atoms with Gasteiger partial charge in [0.1, 0.15) is 5.82 Å². The van der Waals surface area contributed by atoms with Crippen molar-refractivity contribution in [3.8, 4) is 12.3 Å². The lowest BCUT2D eigenvalue weighted by atomic mass is 10.2. The first-order chi connectivity index (χ1) is 7.24. The first-order valence-corrected chi connectivity index (χ1v) is 4.38. The lowest BCUT2D eigenvalue weighted by Gasteiger charge is -1.96. The maximum Gasteiger partial charge on any atom is 0.244 e. The molecular formula is C12H10FNO. The Kier molecular flexibility index (Phi) is 4.11. The van der Waals surface area contributed by atoms with Gasteiger partial charge in [0.25, 0.3) is 0 Å². The second-order valence-electron chi connectivity index (χ2n) is 2.78. The first-order valence-electron chi connectivity index (χ1n) is 4.38. The molecule has 1 aromatic carbocycles. The minimum absolute atomic E-state index is 0.167. The summed E-state index contributed by atoms with van der Waals surface area (Å²) < 4.78 is 13.1. The molecule has 0 spiro atoms. The molecule has 0 aliphatic carbocycles. The molecule has 0 aliphatic heterocycles. The van der Waals surface area contributed by atoms with Crippen LogP contribution in [0.5, 0.6) is 0 Å². The Bertz CT molecular complexity index is 418. The van der Waals surface area contributed by atoms with E-state index in [1.54, 1.807) is 18.2 Å². The van der Waals surface area contributed by atoms with Gasteiger partial charge in [0.05, 0.1) is 6.54 Å². The van der Waals surface area contributed by atoms with Crippen molar-refractivity contribution in [3.63, 3.8) is 0 Å². The average molecular weight is 203 g/mol. The number of rotatable bonds is 3. The predicted molar refractivity (Wildman–Crippen MR) is 57.3 cm³/mol. The van der Waals surface area contributed by atoms with Crippen LogP contribution in [0.3, 0.4) is 0 Å². The minimum Gasteiger partial charge on any atom is -0.342 e. The maximum atomic E-state index is 13.1. The number of halogens is 1. The third-order valence-electron chi connectivity index (χ3n) is 1.68. The van der Waals surface area contributed by atoms with E-state index in [-0.39, 0.29) is 18.3 Å². The Labute approximate surface area is 87.8 Å². The minimum atomic E-state index is -0.363. The Morgan fingerprint density at radius 2 is 2.27 bits per heavy atom. The van der Waals surface area contributed by atoms with Crippen molar-refractivity contribution in [3.05, 3.63) is 41.7 Å². The quantitative estimate of drug-likeness (QED) is 0.586. The van der Waals surface area contributed by atoms with Crippen LogP contribution in [0.4, 0.5) is 4.39 Å². The van der Waals surface area contributed by atoms with Crippen LogP contribution in [0.2, 0.25) is 0 Å². The highest BCUT2D eigenvalue weighted by atomic mass is 19.1. The second-order valence-corrected chi connectivity index (χ2v) is 2.78. The van der Waals surface area contributed by atoms with Crippen molar-refractivity contribution < 1.29 is 9.18 Å². The van der Waals surface area contributed by atoms with Gasteiger partial charge in [0, 0.05) is 11.6 Å². The number of benzene rings is 1.